The number of hydrogen-bond acceptors (Lipinski definition) is 2. The molecule has 0 heterocycles. The van der Waals surface area contributed by atoms with Gasteiger partial charge in [-0.15, -0.1) is 0 Å². The fraction of sp³-hybridized carbons (Fsp3) is 0.647. The predicted octanol–water partition coefficient (Wildman–Crippen LogP) is 3.76. The van der Waals surface area contributed by atoms with E-state index in [1.54, 1.807) is 6.07 Å². The summed E-state index contributed by atoms with van der Waals surface area (Å²) in [6.45, 7) is 1.00. The first-order valence-electron chi connectivity index (χ1n) is 7.62. The van der Waals surface area contributed by atoms with E-state index >= 15 is 0 Å². The average Bonchev–Trinajstić information content (AvgIpc) is 3.12. The van der Waals surface area contributed by atoms with Gasteiger partial charge >= 0.3 is 0 Å². The Morgan fingerprint density at radius 2 is 2.05 bits per heavy atom. The highest BCUT2D eigenvalue weighted by Gasteiger charge is 2.49. The average molecular weight is 277 g/mol. The normalized spacial score (nSPS) is 28.0. The molecular weight excluding hydrogens is 253 g/mol. The number of halogens is 1. The van der Waals surface area contributed by atoms with Crippen molar-refractivity contribution >= 4 is 0 Å². The van der Waals surface area contributed by atoms with Gasteiger partial charge < -0.3 is 10.0 Å². The highest BCUT2D eigenvalue weighted by atomic mass is 19.1. The lowest BCUT2D eigenvalue weighted by molar-refractivity contribution is 0.172. The van der Waals surface area contributed by atoms with Crippen molar-refractivity contribution in [2.75, 3.05) is 20.6 Å². The van der Waals surface area contributed by atoms with Gasteiger partial charge in [0.05, 0.1) is 0 Å². The minimum atomic E-state index is -0.164. The summed E-state index contributed by atoms with van der Waals surface area (Å²) < 4.78 is 14.1. The third-order valence-electron chi connectivity index (χ3n) is 5.19. The van der Waals surface area contributed by atoms with E-state index in [2.05, 4.69) is 19.0 Å². The molecule has 20 heavy (non-hydrogen) atoms. The summed E-state index contributed by atoms with van der Waals surface area (Å²) in [7, 11) is 4.17. The molecule has 0 radical (unpaired) electrons. The summed E-state index contributed by atoms with van der Waals surface area (Å²) in [6, 6.07) is 4.47. The van der Waals surface area contributed by atoms with E-state index in [9.17, 15) is 9.50 Å². The Balaban J connectivity index is 1.87. The second-order valence-corrected chi connectivity index (χ2v) is 7.08. The van der Waals surface area contributed by atoms with Crippen LogP contribution in [0, 0.1) is 17.2 Å². The molecule has 0 aliphatic heterocycles. The van der Waals surface area contributed by atoms with Crippen LogP contribution >= 0.6 is 0 Å². The van der Waals surface area contributed by atoms with E-state index < -0.39 is 0 Å². The molecule has 0 saturated heterocycles. The molecule has 0 aromatic heterocycles. The molecule has 3 heteroatoms. The van der Waals surface area contributed by atoms with Crippen molar-refractivity contribution in [3.63, 3.8) is 0 Å². The van der Waals surface area contributed by atoms with Crippen LogP contribution in [0.15, 0.2) is 18.2 Å². The number of hydrogen-bond donors (Lipinski definition) is 1. The summed E-state index contributed by atoms with van der Waals surface area (Å²) in [5.41, 5.74) is 1.29. The lowest BCUT2D eigenvalue weighted by atomic mass is 9.69. The standard InChI is InChI=1S/C17H24FNO/c1-19(2)11-12-10-17(7-8-17)6-5-14(12)15-9-13(20)3-4-16(15)18/h3-4,9,12,14,20H,5-8,10-11H2,1-2H3. The van der Waals surface area contributed by atoms with Crippen LogP contribution in [0.25, 0.3) is 0 Å². The van der Waals surface area contributed by atoms with E-state index in [0.29, 0.717) is 16.9 Å². The molecule has 2 aliphatic carbocycles. The van der Waals surface area contributed by atoms with Gasteiger partial charge in [-0.3, -0.25) is 0 Å². The van der Waals surface area contributed by atoms with Crippen molar-refractivity contribution in [1.29, 1.82) is 0 Å². The molecule has 0 bridgehead atoms. The van der Waals surface area contributed by atoms with Crippen molar-refractivity contribution in [1.82, 2.24) is 4.90 Å². The quantitative estimate of drug-likeness (QED) is 0.909. The number of rotatable bonds is 3. The molecule has 110 valence electrons. The Morgan fingerprint density at radius 1 is 1.30 bits per heavy atom. The molecule has 2 atom stereocenters. The molecule has 3 rings (SSSR count). The summed E-state index contributed by atoms with van der Waals surface area (Å²) in [6.07, 6.45) is 6.19. The van der Waals surface area contributed by atoms with Crippen molar-refractivity contribution in [2.45, 2.75) is 38.0 Å². The lowest BCUT2D eigenvalue weighted by Gasteiger charge is -2.38. The molecule has 1 spiro atoms. The van der Waals surface area contributed by atoms with Crippen LogP contribution < -0.4 is 0 Å². The SMILES string of the molecule is CN(C)CC1CC2(CCC1c1cc(O)ccc1F)CC2. The Kier molecular flexibility index (Phi) is 3.49. The van der Waals surface area contributed by atoms with Crippen LogP contribution in [0.2, 0.25) is 0 Å². The minimum Gasteiger partial charge on any atom is -0.508 e. The fourth-order valence-electron chi connectivity index (χ4n) is 4.01. The fourth-order valence-corrected chi connectivity index (χ4v) is 4.01. The summed E-state index contributed by atoms with van der Waals surface area (Å²) in [5, 5.41) is 9.67. The minimum absolute atomic E-state index is 0.164. The largest absolute Gasteiger partial charge is 0.508 e. The summed E-state index contributed by atoms with van der Waals surface area (Å²) in [4.78, 5) is 2.21. The summed E-state index contributed by atoms with van der Waals surface area (Å²) >= 11 is 0. The van der Waals surface area contributed by atoms with Gasteiger partial charge in [-0.25, -0.2) is 4.39 Å². The van der Waals surface area contributed by atoms with Gasteiger partial charge in [0, 0.05) is 6.54 Å². The van der Waals surface area contributed by atoms with Crippen LogP contribution in [-0.2, 0) is 0 Å². The van der Waals surface area contributed by atoms with E-state index in [0.717, 1.165) is 13.0 Å². The van der Waals surface area contributed by atoms with Gasteiger partial charge in [-0.1, -0.05) is 0 Å². The highest BCUT2D eigenvalue weighted by molar-refractivity contribution is 5.32. The molecule has 1 aromatic rings. The van der Waals surface area contributed by atoms with Crippen molar-refractivity contribution in [3.8, 4) is 5.75 Å². The maximum Gasteiger partial charge on any atom is 0.126 e. The van der Waals surface area contributed by atoms with Crippen LogP contribution in [0.5, 0.6) is 5.75 Å². The van der Waals surface area contributed by atoms with E-state index in [4.69, 9.17) is 0 Å². The highest BCUT2D eigenvalue weighted by Crippen LogP contribution is 2.60. The topological polar surface area (TPSA) is 23.5 Å². The van der Waals surface area contributed by atoms with Gasteiger partial charge in [0.2, 0.25) is 0 Å². The van der Waals surface area contributed by atoms with E-state index in [1.165, 1.54) is 37.8 Å². The predicted molar refractivity (Wildman–Crippen MR) is 78.4 cm³/mol. The van der Waals surface area contributed by atoms with Gasteiger partial charge in [0.15, 0.2) is 0 Å². The monoisotopic (exact) mass is 277 g/mol. The summed E-state index contributed by atoms with van der Waals surface area (Å²) in [5.74, 6) is 0.758. The van der Waals surface area contributed by atoms with Crippen LogP contribution in [0.3, 0.4) is 0 Å². The van der Waals surface area contributed by atoms with Crippen molar-refractivity contribution in [2.24, 2.45) is 11.3 Å². The molecule has 2 aliphatic rings. The first-order valence-corrected chi connectivity index (χ1v) is 7.62. The molecular formula is C17H24FNO. The Bertz CT molecular complexity index is 496. The second kappa shape index (κ2) is 5.03. The maximum atomic E-state index is 14.1. The molecule has 1 N–H and O–H groups in total. The number of benzene rings is 1. The second-order valence-electron chi connectivity index (χ2n) is 7.08. The van der Waals surface area contributed by atoms with Crippen molar-refractivity contribution < 1.29 is 9.50 Å². The molecule has 1 aromatic carbocycles. The number of aromatic hydroxyl groups is 1. The number of phenolic OH excluding ortho intramolecular Hbond substituents is 1. The molecule has 2 unspecified atom stereocenters. The first-order chi connectivity index (χ1) is 9.49. The third kappa shape index (κ3) is 2.69. The van der Waals surface area contributed by atoms with Crippen LogP contribution in [-0.4, -0.2) is 30.6 Å². The Hall–Kier alpha value is -1.09. The third-order valence-corrected chi connectivity index (χ3v) is 5.19. The zero-order valence-corrected chi connectivity index (χ0v) is 12.4. The lowest BCUT2D eigenvalue weighted by Crippen LogP contribution is -2.33. The van der Waals surface area contributed by atoms with E-state index in [-0.39, 0.29) is 17.5 Å². The Morgan fingerprint density at radius 3 is 2.70 bits per heavy atom. The molecule has 0 amide bonds. The van der Waals surface area contributed by atoms with Crippen LogP contribution in [0.4, 0.5) is 4.39 Å². The number of nitrogens with zero attached hydrogens (tertiary/aromatic N) is 1. The van der Waals surface area contributed by atoms with Crippen molar-refractivity contribution in [3.05, 3.63) is 29.6 Å². The zero-order valence-electron chi connectivity index (χ0n) is 12.4. The van der Waals surface area contributed by atoms with E-state index in [1.807, 2.05) is 0 Å². The number of phenols is 1. The maximum absolute atomic E-state index is 14.1. The zero-order chi connectivity index (χ0) is 14.3. The molecule has 2 fully saturated rings. The smallest absolute Gasteiger partial charge is 0.126 e. The molecule has 2 saturated carbocycles. The van der Waals surface area contributed by atoms with Gasteiger partial charge in [0.1, 0.15) is 11.6 Å². The van der Waals surface area contributed by atoms with Gasteiger partial charge in [-0.2, -0.15) is 0 Å². The first kappa shape index (κ1) is 13.9. The van der Waals surface area contributed by atoms with Gasteiger partial charge in [0.25, 0.3) is 0 Å². The van der Waals surface area contributed by atoms with Gasteiger partial charge in [-0.05, 0) is 87.2 Å². The molecule has 2 nitrogen and oxygen atoms in total. The van der Waals surface area contributed by atoms with Crippen LogP contribution in [0.1, 0.15) is 43.6 Å². The Labute approximate surface area is 120 Å².